The van der Waals surface area contributed by atoms with Crippen LogP contribution in [-0.4, -0.2) is 29.1 Å². The van der Waals surface area contributed by atoms with Crippen molar-refractivity contribution in [1.29, 1.82) is 0 Å². The van der Waals surface area contributed by atoms with Gasteiger partial charge < -0.3 is 4.90 Å². The molecule has 1 aliphatic heterocycles. The highest BCUT2D eigenvalue weighted by Crippen LogP contribution is 2.29. The van der Waals surface area contributed by atoms with Crippen molar-refractivity contribution in [3.05, 3.63) is 0 Å². The maximum absolute atomic E-state index is 12.1. The first kappa shape index (κ1) is 12.9. The third-order valence-corrected chi connectivity index (χ3v) is 3.91. The van der Waals surface area contributed by atoms with Crippen LogP contribution in [0.4, 0.5) is 0 Å². The monoisotopic (exact) mass is 229 g/mol. The van der Waals surface area contributed by atoms with E-state index in [9.17, 15) is 4.79 Å². The predicted molar refractivity (Wildman–Crippen MR) is 67.2 cm³/mol. The van der Waals surface area contributed by atoms with Crippen LogP contribution in [0.3, 0.4) is 0 Å². The van der Waals surface area contributed by atoms with E-state index in [1.807, 2.05) is 18.7 Å². The number of piperidine rings is 1. The zero-order chi connectivity index (χ0) is 11.6. The molecule has 1 unspecified atom stereocenters. The summed E-state index contributed by atoms with van der Waals surface area (Å²) < 4.78 is 0. The molecule has 1 heterocycles. The van der Waals surface area contributed by atoms with Crippen molar-refractivity contribution in [3.63, 3.8) is 0 Å². The molecule has 0 aromatic rings. The molecule has 1 saturated heterocycles. The molecule has 0 spiro atoms. The van der Waals surface area contributed by atoms with Gasteiger partial charge in [-0.2, -0.15) is 12.6 Å². The highest BCUT2D eigenvalue weighted by Gasteiger charge is 2.32. The van der Waals surface area contributed by atoms with Gasteiger partial charge in [0.25, 0.3) is 0 Å². The second-order valence-corrected chi connectivity index (χ2v) is 6.27. The summed E-state index contributed by atoms with van der Waals surface area (Å²) in [6.45, 7) is 10.3. The molecule has 0 radical (unpaired) electrons. The minimum absolute atomic E-state index is 0.140. The molecule has 0 aromatic carbocycles. The van der Waals surface area contributed by atoms with Gasteiger partial charge in [-0.3, -0.25) is 4.79 Å². The molecular weight excluding hydrogens is 206 g/mol. The molecule has 1 fully saturated rings. The standard InChI is InChI=1S/C12H23NOS/c1-9(2)10(15)11(14)13-7-5-6-12(3,4)8-13/h9-10,15H,5-8H2,1-4H3. The van der Waals surface area contributed by atoms with E-state index < -0.39 is 0 Å². The Morgan fingerprint density at radius 2 is 2.00 bits per heavy atom. The number of carbonyl (C=O) groups is 1. The second-order valence-electron chi connectivity index (χ2n) is 5.72. The Balaban J connectivity index is 2.60. The molecule has 88 valence electrons. The van der Waals surface area contributed by atoms with Crippen molar-refractivity contribution in [2.75, 3.05) is 13.1 Å². The summed E-state index contributed by atoms with van der Waals surface area (Å²) in [4.78, 5) is 14.1. The SMILES string of the molecule is CC(C)C(S)C(=O)N1CCCC(C)(C)C1. The van der Waals surface area contributed by atoms with E-state index in [2.05, 4.69) is 26.5 Å². The van der Waals surface area contributed by atoms with Gasteiger partial charge in [-0.25, -0.2) is 0 Å². The van der Waals surface area contributed by atoms with Crippen LogP contribution in [0, 0.1) is 11.3 Å². The summed E-state index contributed by atoms with van der Waals surface area (Å²) in [6, 6.07) is 0. The van der Waals surface area contributed by atoms with Crippen molar-refractivity contribution < 1.29 is 4.79 Å². The van der Waals surface area contributed by atoms with Gasteiger partial charge in [0.1, 0.15) is 0 Å². The van der Waals surface area contributed by atoms with Gasteiger partial charge in [0.2, 0.25) is 5.91 Å². The molecule has 0 aliphatic carbocycles. The van der Waals surface area contributed by atoms with Crippen LogP contribution in [0.2, 0.25) is 0 Å². The minimum atomic E-state index is -0.140. The lowest BCUT2D eigenvalue weighted by molar-refractivity contribution is -0.134. The predicted octanol–water partition coefficient (Wildman–Crippen LogP) is 2.59. The van der Waals surface area contributed by atoms with Gasteiger partial charge >= 0.3 is 0 Å². The van der Waals surface area contributed by atoms with Crippen LogP contribution in [0.5, 0.6) is 0 Å². The first-order valence-corrected chi connectivity index (χ1v) is 6.32. The zero-order valence-corrected chi connectivity index (χ0v) is 11.2. The number of thiol groups is 1. The molecule has 1 aliphatic rings. The van der Waals surface area contributed by atoms with Crippen LogP contribution in [-0.2, 0) is 4.79 Å². The fraction of sp³-hybridized carbons (Fsp3) is 0.917. The summed E-state index contributed by atoms with van der Waals surface area (Å²) in [5.41, 5.74) is 0.276. The molecule has 15 heavy (non-hydrogen) atoms. The van der Waals surface area contributed by atoms with Crippen molar-refractivity contribution in [2.24, 2.45) is 11.3 Å². The Labute approximate surface area is 98.8 Å². The average molecular weight is 229 g/mol. The highest BCUT2D eigenvalue weighted by molar-refractivity contribution is 7.81. The van der Waals surface area contributed by atoms with Gasteiger partial charge in [0, 0.05) is 13.1 Å². The first-order valence-electron chi connectivity index (χ1n) is 5.80. The summed E-state index contributed by atoms with van der Waals surface area (Å²) in [7, 11) is 0. The Morgan fingerprint density at radius 1 is 1.40 bits per heavy atom. The largest absolute Gasteiger partial charge is 0.341 e. The van der Waals surface area contributed by atoms with E-state index in [0.29, 0.717) is 5.92 Å². The molecule has 0 aromatic heterocycles. The number of carbonyl (C=O) groups excluding carboxylic acids is 1. The number of hydrogen-bond donors (Lipinski definition) is 1. The molecule has 1 rings (SSSR count). The molecule has 1 amide bonds. The summed E-state index contributed by atoms with van der Waals surface area (Å²) >= 11 is 4.40. The normalized spacial score (nSPS) is 22.9. The van der Waals surface area contributed by atoms with Crippen LogP contribution >= 0.6 is 12.6 Å². The molecule has 0 N–H and O–H groups in total. The van der Waals surface area contributed by atoms with Crippen LogP contribution in [0.25, 0.3) is 0 Å². The molecule has 3 heteroatoms. The third kappa shape index (κ3) is 3.40. The Bertz CT molecular complexity index is 238. The number of nitrogens with zero attached hydrogens (tertiary/aromatic N) is 1. The zero-order valence-electron chi connectivity index (χ0n) is 10.3. The fourth-order valence-electron chi connectivity index (χ4n) is 2.08. The van der Waals surface area contributed by atoms with E-state index in [4.69, 9.17) is 0 Å². The summed E-state index contributed by atoms with van der Waals surface area (Å²) in [6.07, 6.45) is 2.34. The van der Waals surface area contributed by atoms with Crippen molar-refractivity contribution in [1.82, 2.24) is 4.90 Å². The lowest BCUT2D eigenvalue weighted by atomic mass is 9.84. The van der Waals surface area contributed by atoms with E-state index in [0.717, 1.165) is 19.5 Å². The Hall–Kier alpha value is -0.180. The fourth-order valence-corrected chi connectivity index (χ4v) is 2.25. The van der Waals surface area contributed by atoms with Crippen LogP contribution in [0.15, 0.2) is 0 Å². The number of amides is 1. The number of rotatable bonds is 2. The van der Waals surface area contributed by atoms with Gasteiger partial charge in [0.05, 0.1) is 5.25 Å². The molecule has 0 bridgehead atoms. The van der Waals surface area contributed by atoms with Crippen LogP contribution in [0.1, 0.15) is 40.5 Å². The maximum atomic E-state index is 12.1. The minimum Gasteiger partial charge on any atom is -0.341 e. The van der Waals surface area contributed by atoms with E-state index in [1.165, 1.54) is 6.42 Å². The van der Waals surface area contributed by atoms with Gasteiger partial charge in [-0.1, -0.05) is 27.7 Å². The molecular formula is C12H23NOS. The highest BCUT2D eigenvalue weighted by atomic mass is 32.1. The third-order valence-electron chi connectivity index (χ3n) is 3.10. The smallest absolute Gasteiger partial charge is 0.235 e. The van der Waals surface area contributed by atoms with Crippen molar-refractivity contribution >= 4 is 18.5 Å². The lowest BCUT2D eigenvalue weighted by Crippen LogP contribution is -2.47. The number of hydrogen-bond acceptors (Lipinski definition) is 2. The second kappa shape index (κ2) is 4.77. The Morgan fingerprint density at radius 3 is 2.47 bits per heavy atom. The van der Waals surface area contributed by atoms with Crippen molar-refractivity contribution in [3.8, 4) is 0 Å². The molecule has 2 nitrogen and oxygen atoms in total. The van der Waals surface area contributed by atoms with E-state index >= 15 is 0 Å². The molecule has 1 atom stereocenters. The van der Waals surface area contributed by atoms with Gasteiger partial charge in [0.15, 0.2) is 0 Å². The molecule has 0 saturated carbocycles. The maximum Gasteiger partial charge on any atom is 0.235 e. The van der Waals surface area contributed by atoms with Crippen LogP contribution < -0.4 is 0 Å². The lowest BCUT2D eigenvalue weighted by Gasteiger charge is -2.39. The topological polar surface area (TPSA) is 20.3 Å². The summed E-state index contributed by atoms with van der Waals surface area (Å²) in [5.74, 6) is 0.520. The van der Waals surface area contributed by atoms with E-state index in [-0.39, 0.29) is 16.6 Å². The van der Waals surface area contributed by atoms with Crippen molar-refractivity contribution in [2.45, 2.75) is 45.8 Å². The quantitative estimate of drug-likeness (QED) is 0.722. The summed E-state index contributed by atoms with van der Waals surface area (Å²) in [5, 5.41) is -0.140. The Kier molecular flexibility index (Phi) is 4.10. The first-order chi connectivity index (χ1) is 6.83. The average Bonchev–Trinajstić information content (AvgIpc) is 2.13. The number of likely N-dealkylation sites (tertiary alicyclic amines) is 1. The van der Waals surface area contributed by atoms with Gasteiger partial charge in [-0.15, -0.1) is 0 Å². The van der Waals surface area contributed by atoms with E-state index in [1.54, 1.807) is 0 Å². The van der Waals surface area contributed by atoms with Gasteiger partial charge in [-0.05, 0) is 24.2 Å².